The Balaban J connectivity index is 3.58. The van der Waals surface area contributed by atoms with Crippen molar-refractivity contribution in [2.24, 2.45) is 11.8 Å². The molecule has 0 heterocycles. The van der Waals surface area contributed by atoms with Crippen LogP contribution in [0.2, 0.25) is 0 Å². The third kappa shape index (κ3) is 4.38. The number of hydrogen-bond acceptors (Lipinski definition) is 2. The van der Waals surface area contributed by atoms with E-state index in [1.54, 1.807) is 0 Å². The van der Waals surface area contributed by atoms with Crippen molar-refractivity contribution < 1.29 is 10.2 Å². The highest BCUT2D eigenvalue weighted by atomic mass is 16.3. The van der Waals surface area contributed by atoms with Crippen molar-refractivity contribution in [3.05, 3.63) is 0 Å². The summed E-state index contributed by atoms with van der Waals surface area (Å²) >= 11 is 0. The van der Waals surface area contributed by atoms with E-state index in [1.807, 2.05) is 0 Å². The van der Waals surface area contributed by atoms with Gasteiger partial charge in [0, 0.05) is 19.1 Å². The number of rotatable bonds is 6. The molecule has 0 aliphatic heterocycles. The molecule has 0 saturated heterocycles. The molecule has 0 unspecified atom stereocenters. The quantitative estimate of drug-likeness (QED) is 0.617. The number of hydrogen-bond donors (Lipinski definition) is 2. The van der Waals surface area contributed by atoms with E-state index in [-0.39, 0.29) is 19.1 Å². The highest BCUT2D eigenvalue weighted by Crippen LogP contribution is 2.17. The maximum atomic E-state index is 8.81. The van der Waals surface area contributed by atoms with Crippen molar-refractivity contribution >= 4 is 0 Å². The highest BCUT2D eigenvalue weighted by Gasteiger charge is 2.11. The normalized spacial score (nSPS) is 11.5. The van der Waals surface area contributed by atoms with E-state index in [4.69, 9.17) is 10.2 Å². The molecule has 0 rings (SSSR count). The van der Waals surface area contributed by atoms with E-state index >= 15 is 0 Å². The molecule has 0 atom stereocenters. The summed E-state index contributed by atoms with van der Waals surface area (Å²) in [6.07, 6.45) is 3.25. The van der Waals surface area contributed by atoms with Gasteiger partial charge in [-0.15, -0.1) is 0 Å². The van der Waals surface area contributed by atoms with Gasteiger partial charge in [0.2, 0.25) is 0 Å². The summed E-state index contributed by atoms with van der Waals surface area (Å²) in [6, 6.07) is 0. The molecule has 0 aromatic rings. The van der Waals surface area contributed by atoms with Crippen LogP contribution in [-0.2, 0) is 0 Å². The van der Waals surface area contributed by atoms with Crippen molar-refractivity contribution in [3.8, 4) is 0 Å². The Kier molecular flexibility index (Phi) is 6.57. The Labute approximate surface area is 69.2 Å². The predicted molar refractivity (Wildman–Crippen MR) is 46.4 cm³/mol. The summed E-state index contributed by atoms with van der Waals surface area (Å²) < 4.78 is 0. The molecule has 0 aliphatic carbocycles. The van der Waals surface area contributed by atoms with Crippen LogP contribution in [0.4, 0.5) is 0 Å². The van der Waals surface area contributed by atoms with Gasteiger partial charge < -0.3 is 10.2 Å². The van der Waals surface area contributed by atoms with Gasteiger partial charge in [0.1, 0.15) is 0 Å². The van der Waals surface area contributed by atoms with Crippen LogP contribution in [0.3, 0.4) is 0 Å². The second-order valence-corrected chi connectivity index (χ2v) is 3.15. The molecule has 0 bridgehead atoms. The monoisotopic (exact) mass is 160 g/mol. The Morgan fingerprint density at radius 1 is 0.909 bits per heavy atom. The van der Waals surface area contributed by atoms with E-state index in [0.29, 0.717) is 5.92 Å². The second kappa shape index (κ2) is 6.62. The van der Waals surface area contributed by atoms with Crippen LogP contribution in [-0.4, -0.2) is 23.4 Å². The predicted octanol–water partition coefficient (Wildman–Crippen LogP) is 1.41. The molecule has 68 valence electrons. The SMILES string of the molecule is CCC(CC)CC(CO)CO. The maximum absolute atomic E-state index is 8.81. The van der Waals surface area contributed by atoms with Gasteiger partial charge in [-0.05, 0) is 12.3 Å². The molecule has 0 spiro atoms. The Morgan fingerprint density at radius 3 is 1.64 bits per heavy atom. The molecule has 2 heteroatoms. The molecule has 0 amide bonds. The van der Waals surface area contributed by atoms with Gasteiger partial charge in [-0.3, -0.25) is 0 Å². The first-order valence-electron chi connectivity index (χ1n) is 4.50. The molecule has 0 aliphatic rings. The van der Waals surface area contributed by atoms with Gasteiger partial charge in [-0.2, -0.15) is 0 Å². The van der Waals surface area contributed by atoms with E-state index in [0.717, 1.165) is 19.3 Å². The van der Waals surface area contributed by atoms with Crippen LogP contribution in [0.15, 0.2) is 0 Å². The summed E-state index contributed by atoms with van der Waals surface area (Å²) in [5.74, 6) is 0.763. The molecule has 0 radical (unpaired) electrons. The zero-order valence-electron chi connectivity index (χ0n) is 7.58. The lowest BCUT2D eigenvalue weighted by atomic mass is 9.91. The fourth-order valence-corrected chi connectivity index (χ4v) is 1.30. The van der Waals surface area contributed by atoms with Gasteiger partial charge in [0.15, 0.2) is 0 Å². The summed E-state index contributed by atoms with van der Waals surface area (Å²) in [7, 11) is 0. The second-order valence-electron chi connectivity index (χ2n) is 3.15. The summed E-state index contributed by atoms with van der Waals surface area (Å²) in [5.41, 5.74) is 0. The minimum Gasteiger partial charge on any atom is -0.396 e. The van der Waals surface area contributed by atoms with Crippen LogP contribution < -0.4 is 0 Å². The van der Waals surface area contributed by atoms with Crippen LogP contribution in [0.25, 0.3) is 0 Å². The van der Waals surface area contributed by atoms with Crippen LogP contribution in [0, 0.1) is 11.8 Å². The van der Waals surface area contributed by atoms with Crippen molar-refractivity contribution in [2.45, 2.75) is 33.1 Å². The first kappa shape index (κ1) is 10.9. The summed E-state index contributed by atoms with van der Waals surface area (Å²) in [6.45, 7) is 4.54. The Morgan fingerprint density at radius 2 is 1.36 bits per heavy atom. The zero-order valence-corrected chi connectivity index (χ0v) is 7.58. The Hall–Kier alpha value is -0.0800. The molecule has 11 heavy (non-hydrogen) atoms. The standard InChI is InChI=1S/C9H20O2/c1-3-8(4-2)5-9(6-10)7-11/h8-11H,3-7H2,1-2H3. The lowest BCUT2D eigenvalue weighted by Crippen LogP contribution is -2.15. The van der Waals surface area contributed by atoms with E-state index in [9.17, 15) is 0 Å². The third-order valence-corrected chi connectivity index (χ3v) is 2.34. The molecule has 0 aromatic carbocycles. The molecule has 0 fully saturated rings. The van der Waals surface area contributed by atoms with E-state index in [1.165, 1.54) is 0 Å². The first-order valence-corrected chi connectivity index (χ1v) is 4.50. The van der Waals surface area contributed by atoms with Gasteiger partial charge in [-0.25, -0.2) is 0 Å². The molecule has 0 aromatic heterocycles. The minimum absolute atomic E-state index is 0.0971. The fourth-order valence-electron chi connectivity index (χ4n) is 1.30. The van der Waals surface area contributed by atoms with Crippen LogP contribution in [0.1, 0.15) is 33.1 Å². The van der Waals surface area contributed by atoms with Gasteiger partial charge in [-0.1, -0.05) is 26.7 Å². The topological polar surface area (TPSA) is 40.5 Å². The molecule has 2 N–H and O–H groups in total. The fraction of sp³-hybridized carbons (Fsp3) is 1.00. The summed E-state index contributed by atoms with van der Waals surface area (Å²) in [5, 5.41) is 17.6. The average Bonchev–Trinajstić information content (AvgIpc) is 2.07. The van der Waals surface area contributed by atoms with Crippen molar-refractivity contribution in [3.63, 3.8) is 0 Å². The van der Waals surface area contributed by atoms with Gasteiger partial charge in [0.05, 0.1) is 0 Å². The van der Waals surface area contributed by atoms with Crippen molar-refractivity contribution in [1.29, 1.82) is 0 Å². The first-order chi connectivity index (χ1) is 5.28. The van der Waals surface area contributed by atoms with Crippen LogP contribution >= 0.6 is 0 Å². The minimum atomic E-state index is 0.0971. The molecular formula is C9H20O2. The lowest BCUT2D eigenvalue weighted by molar-refractivity contribution is 0.128. The third-order valence-electron chi connectivity index (χ3n) is 2.34. The molecule has 2 nitrogen and oxygen atoms in total. The van der Waals surface area contributed by atoms with Crippen molar-refractivity contribution in [2.75, 3.05) is 13.2 Å². The zero-order chi connectivity index (χ0) is 8.69. The van der Waals surface area contributed by atoms with E-state index < -0.39 is 0 Å². The highest BCUT2D eigenvalue weighted by molar-refractivity contribution is 4.62. The average molecular weight is 160 g/mol. The van der Waals surface area contributed by atoms with E-state index in [2.05, 4.69) is 13.8 Å². The number of aliphatic hydroxyl groups excluding tert-OH is 2. The largest absolute Gasteiger partial charge is 0.396 e. The van der Waals surface area contributed by atoms with Gasteiger partial charge >= 0.3 is 0 Å². The summed E-state index contributed by atoms with van der Waals surface area (Å²) in [4.78, 5) is 0. The lowest BCUT2D eigenvalue weighted by Gasteiger charge is -2.17. The Bertz CT molecular complexity index is 65.6. The number of aliphatic hydroxyl groups is 2. The van der Waals surface area contributed by atoms with Crippen LogP contribution in [0.5, 0.6) is 0 Å². The van der Waals surface area contributed by atoms with Crippen molar-refractivity contribution in [1.82, 2.24) is 0 Å². The molecule has 0 saturated carbocycles. The molecular weight excluding hydrogens is 140 g/mol. The van der Waals surface area contributed by atoms with Gasteiger partial charge in [0.25, 0.3) is 0 Å². The smallest absolute Gasteiger partial charge is 0.0481 e. The maximum Gasteiger partial charge on any atom is 0.0481 e.